The lowest BCUT2D eigenvalue weighted by molar-refractivity contribution is -0.176. The Bertz CT molecular complexity index is 1050. The minimum Gasteiger partial charge on any atom is -0.461 e. The zero-order valence-electron chi connectivity index (χ0n) is 18.8. The van der Waals surface area contributed by atoms with Crippen molar-refractivity contribution >= 4 is 40.5 Å². The number of nitrogen functional groups attached to an aromatic ring is 1. The lowest BCUT2D eigenvalue weighted by atomic mass is 10.1. The Morgan fingerprint density at radius 3 is 2.69 bits per heavy atom. The number of alkyl halides is 3. The molecule has 11 nitrogen and oxygen atoms in total. The van der Waals surface area contributed by atoms with Crippen LogP contribution in [0.25, 0.3) is 11.0 Å². The Labute approximate surface area is 202 Å². The average molecular weight is 522 g/mol. The van der Waals surface area contributed by atoms with Gasteiger partial charge < -0.3 is 35.3 Å². The van der Waals surface area contributed by atoms with E-state index in [2.05, 4.69) is 9.97 Å². The summed E-state index contributed by atoms with van der Waals surface area (Å²) >= 11 is 1.17. The van der Waals surface area contributed by atoms with E-state index in [1.165, 1.54) is 36.5 Å². The molecule has 0 bridgehead atoms. The number of carbonyl (C=O) groups excluding carboxylic acids is 2. The maximum absolute atomic E-state index is 12.6. The van der Waals surface area contributed by atoms with Gasteiger partial charge in [-0.05, 0) is 32.1 Å². The van der Waals surface area contributed by atoms with E-state index >= 15 is 0 Å². The quantitative estimate of drug-likeness (QED) is 0.274. The molecule has 194 valence electrons. The number of anilines is 1. The minimum atomic E-state index is -5.14. The van der Waals surface area contributed by atoms with Gasteiger partial charge in [0.15, 0.2) is 6.23 Å². The van der Waals surface area contributed by atoms with Crippen molar-refractivity contribution < 1.29 is 42.4 Å². The number of aliphatic hydroxyl groups excluding tert-OH is 2. The van der Waals surface area contributed by atoms with Crippen molar-refractivity contribution in [3.63, 3.8) is 0 Å². The molecule has 15 heteroatoms. The Hall–Kier alpha value is -2.62. The van der Waals surface area contributed by atoms with Crippen molar-refractivity contribution in [2.75, 3.05) is 17.2 Å². The third kappa shape index (κ3) is 6.34. The summed E-state index contributed by atoms with van der Waals surface area (Å²) in [6, 6.07) is 0.157. The summed E-state index contributed by atoms with van der Waals surface area (Å²) < 4.78 is 50.2. The van der Waals surface area contributed by atoms with E-state index in [0.29, 0.717) is 11.0 Å². The number of rotatable bonds is 9. The number of fused-ring (bicyclic) bond motifs is 1. The highest BCUT2D eigenvalue weighted by Crippen LogP contribution is 2.34. The fourth-order valence-corrected chi connectivity index (χ4v) is 4.57. The number of nitrogens with two attached hydrogens (primary N) is 1. The molecule has 0 aromatic carbocycles. The summed E-state index contributed by atoms with van der Waals surface area (Å²) in [5, 5.41) is 23.2. The second kappa shape index (κ2) is 11.0. The van der Waals surface area contributed by atoms with Gasteiger partial charge in [0.05, 0.1) is 17.6 Å². The monoisotopic (exact) mass is 521 g/mol. The van der Waals surface area contributed by atoms with Crippen LogP contribution in [0.15, 0.2) is 18.6 Å². The summed E-state index contributed by atoms with van der Waals surface area (Å²) in [5.74, 6) is -2.68. The summed E-state index contributed by atoms with van der Waals surface area (Å²) in [4.78, 5) is 31.5. The van der Waals surface area contributed by atoms with Crippen molar-refractivity contribution in [2.24, 2.45) is 0 Å². The molecule has 3 heterocycles. The summed E-state index contributed by atoms with van der Waals surface area (Å²) in [5.41, 5.74) is 6.23. The van der Waals surface area contributed by atoms with Crippen LogP contribution >= 0.6 is 11.8 Å². The van der Waals surface area contributed by atoms with Gasteiger partial charge in [0, 0.05) is 11.9 Å². The summed E-state index contributed by atoms with van der Waals surface area (Å²) in [6.07, 6.45) is -7.32. The van der Waals surface area contributed by atoms with Crippen molar-refractivity contribution in [1.29, 1.82) is 0 Å². The normalized spacial score (nSPS) is 23.5. The number of aliphatic hydroxyl groups is 2. The van der Waals surface area contributed by atoms with E-state index in [9.17, 15) is 33.0 Å². The van der Waals surface area contributed by atoms with E-state index in [1.807, 2.05) is 0 Å². The van der Waals surface area contributed by atoms with Crippen LogP contribution in [-0.2, 0) is 19.1 Å². The molecule has 35 heavy (non-hydrogen) atoms. The van der Waals surface area contributed by atoms with Gasteiger partial charge in [-0.25, -0.2) is 14.8 Å². The number of halogens is 3. The number of hydrogen-bond acceptors (Lipinski definition) is 10. The predicted octanol–water partition coefficient (Wildman–Crippen LogP) is 0.755. The number of aromatic nitrogens is 3. The molecule has 1 saturated heterocycles. The molecule has 0 aliphatic carbocycles. The van der Waals surface area contributed by atoms with E-state index in [0.717, 1.165) is 0 Å². The molecule has 0 saturated carbocycles. The largest absolute Gasteiger partial charge is 0.471 e. The number of amides is 1. The topological polar surface area (TPSA) is 162 Å². The zero-order valence-corrected chi connectivity index (χ0v) is 19.6. The highest BCUT2D eigenvalue weighted by Gasteiger charge is 2.44. The Morgan fingerprint density at radius 2 is 2.03 bits per heavy atom. The first-order valence-corrected chi connectivity index (χ1v) is 11.8. The van der Waals surface area contributed by atoms with Gasteiger partial charge in [0.1, 0.15) is 36.0 Å². The zero-order chi connectivity index (χ0) is 25.9. The molecule has 1 aliphatic heterocycles. The smallest absolute Gasteiger partial charge is 0.461 e. The number of hydrogen-bond donors (Lipinski definition) is 4. The number of thioether (sulfide) groups is 1. The third-order valence-electron chi connectivity index (χ3n) is 5.18. The third-order valence-corrected chi connectivity index (χ3v) is 6.27. The molecule has 0 radical (unpaired) electrons. The molecule has 2 aromatic rings. The van der Waals surface area contributed by atoms with Gasteiger partial charge in [-0.15, -0.1) is 0 Å². The molecular formula is C20H26F3N5O6S. The van der Waals surface area contributed by atoms with Gasteiger partial charge in [-0.2, -0.15) is 24.9 Å². The van der Waals surface area contributed by atoms with Gasteiger partial charge in [0.25, 0.3) is 0 Å². The lowest BCUT2D eigenvalue weighted by Crippen LogP contribution is -2.48. The molecular weight excluding hydrogens is 495 g/mol. The Kier molecular flexibility index (Phi) is 8.46. The molecule has 2 unspecified atom stereocenters. The molecule has 0 spiro atoms. The fourth-order valence-electron chi connectivity index (χ4n) is 3.50. The van der Waals surface area contributed by atoms with Crippen molar-refractivity contribution in [2.45, 2.75) is 63.1 Å². The van der Waals surface area contributed by atoms with Crippen molar-refractivity contribution in [1.82, 2.24) is 19.9 Å². The van der Waals surface area contributed by atoms with Crippen molar-refractivity contribution in [3.8, 4) is 0 Å². The number of esters is 1. The second-order valence-corrected chi connectivity index (χ2v) is 9.29. The van der Waals surface area contributed by atoms with Gasteiger partial charge in [-0.3, -0.25) is 4.79 Å². The van der Waals surface area contributed by atoms with E-state index < -0.39 is 54.7 Å². The lowest BCUT2D eigenvalue weighted by Gasteiger charge is -2.20. The highest BCUT2D eigenvalue weighted by atomic mass is 32.2. The van der Waals surface area contributed by atoms with Crippen LogP contribution < -0.4 is 11.1 Å². The fraction of sp³-hybridized carbons (Fsp3) is 0.600. The van der Waals surface area contributed by atoms with E-state index in [1.54, 1.807) is 17.6 Å². The number of carbonyl (C=O) groups is 2. The molecule has 1 aliphatic rings. The van der Waals surface area contributed by atoms with Crippen LogP contribution in [-0.4, -0.2) is 84.8 Å². The van der Waals surface area contributed by atoms with Crippen LogP contribution in [0.3, 0.4) is 0 Å². The predicted molar refractivity (Wildman–Crippen MR) is 119 cm³/mol. The second-order valence-electron chi connectivity index (χ2n) is 8.14. The molecule has 2 aromatic heterocycles. The standard InChI is InChI=1S/C20H26F3N5O6S/c1-9(2)33-18(31)11(27-19(32)20(21,22)23)4-6-35-7-12-13(29)14(30)17(34-12)28-5-3-10-15(24)25-8-26-16(10)28/h3,5,8-9,11-14,17,29-30H,4,6-7H2,1-2H3,(H,27,32)(H2,24,25,26)/t11?,12-,13-,14-,17?/m1/s1. The van der Waals surface area contributed by atoms with Crippen LogP contribution in [0, 0.1) is 0 Å². The van der Waals surface area contributed by atoms with Crippen LogP contribution in [0.2, 0.25) is 0 Å². The average Bonchev–Trinajstić information content (AvgIpc) is 3.31. The van der Waals surface area contributed by atoms with Crippen molar-refractivity contribution in [3.05, 3.63) is 18.6 Å². The Balaban J connectivity index is 1.58. The first-order chi connectivity index (χ1) is 16.4. The van der Waals surface area contributed by atoms with Crippen LogP contribution in [0.1, 0.15) is 26.5 Å². The first kappa shape index (κ1) is 27.0. The molecule has 5 atom stereocenters. The van der Waals surface area contributed by atoms with E-state index in [4.69, 9.17) is 15.2 Å². The maximum atomic E-state index is 12.6. The van der Waals surface area contributed by atoms with Gasteiger partial charge >= 0.3 is 18.1 Å². The molecule has 1 amide bonds. The SMILES string of the molecule is CC(C)OC(=O)C(CCSC[C@H]1OC(n2ccc3c(N)ncnc32)[C@H](O)[C@@H]1O)NC(=O)C(F)(F)F. The molecule has 5 N–H and O–H groups in total. The number of nitrogens with one attached hydrogen (secondary N) is 1. The van der Waals surface area contributed by atoms with E-state index in [-0.39, 0.29) is 23.7 Å². The Morgan fingerprint density at radius 1 is 1.31 bits per heavy atom. The van der Waals surface area contributed by atoms with Gasteiger partial charge in [-0.1, -0.05) is 0 Å². The number of ether oxygens (including phenoxy) is 2. The summed E-state index contributed by atoms with van der Waals surface area (Å²) in [7, 11) is 0. The highest BCUT2D eigenvalue weighted by molar-refractivity contribution is 7.99. The minimum absolute atomic E-state index is 0.138. The van der Waals surface area contributed by atoms with Crippen LogP contribution in [0.5, 0.6) is 0 Å². The molecule has 3 rings (SSSR count). The maximum Gasteiger partial charge on any atom is 0.471 e. The first-order valence-electron chi connectivity index (χ1n) is 10.6. The van der Waals surface area contributed by atoms with Gasteiger partial charge in [0.2, 0.25) is 0 Å². The summed E-state index contributed by atoms with van der Waals surface area (Å²) in [6.45, 7) is 3.06. The molecule has 1 fully saturated rings. The number of nitrogens with zero attached hydrogens (tertiary/aromatic N) is 3. The van der Waals surface area contributed by atoms with Crippen LogP contribution in [0.4, 0.5) is 19.0 Å².